The van der Waals surface area contributed by atoms with Crippen LogP contribution in [0.3, 0.4) is 0 Å². The van der Waals surface area contributed by atoms with Gasteiger partial charge in [0.05, 0.1) is 4.90 Å². The lowest BCUT2D eigenvalue weighted by molar-refractivity contribution is 0.596. The molecular weight excluding hydrogens is 274 g/mol. The lowest BCUT2D eigenvalue weighted by Crippen LogP contribution is -2.06. The summed E-state index contributed by atoms with van der Waals surface area (Å²) >= 11 is 2.91. The molecule has 0 amide bonds. The van der Waals surface area contributed by atoms with E-state index in [2.05, 4.69) is 4.99 Å². The Morgan fingerprint density at radius 3 is 2.18 bits per heavy atom. The molecule has 0 fully saturated rings. The summed E-state index contributed by atoms with van der Waals surface area (Å²) in [6.45, 7) is 1.92. The normalized spacial score (nSPS) is 11.2. The third kappa shape index (κ3) is 4.37. The fourth-order valence-electron chi connectivity index (χ4n) is 1.17. The van der Waals surface area contributed by atoms with Crippen LogP contribution in [0.1, 0.15) is 5.56 Å². The Morgan fingerprint density at radius 1 is 1.18 bits per heavy atom. The van der Waals surface area contributed by atoms with E-state index >= 15 is 0 Å². The zero-order chi connectivity index (χ0) is 12.9. The maximum Gasteiger partial charge on any atom is 0.198 e. The summed E-state index contributed by atoms with van der Waals surface area (Å²) in [6.07, 6.45) is 3.77. The quantitative estimate of drug-likeness (QED) is 0.634. The Kier molecular flexibility index (Phi) is 5.55. The molecule has 6 heteroatoms. The van der Waals surface area contributed by atoms with Crippen molar-refractivity contribution in [3.63, 3.8) is 0 Å². The summed E-state index contributed by atoms with van der Waals surface area (Å²) in [5.41, 5.74) is 1.04. The Morgan fingerprint density at radius 2 is 1.71 bits per heavy atom. The highest BCUT2D eigenvalue weighted by Crippen LogP contribution is 2.15. The van der Waals surface area contributed by atoms with Crippen molar-refractivity contribution in [1.29, 1.82) is 0 Å². The van der Waals surface area contributed by atoms with Gasteiger partial charge in [-0.1, -0.05) is 17.7 Å². The fourth-order valence-corrected chi connectivity index (χ4v) is 3.39. The van der Waals surface area contributed by atoms with E-state index in [4.69, 9.17) is 0 Å². The van der Waals surface area contributed by atoms with Gasteiger partial charge in [0, 0.05) is 0 Å². The van der Waals surface area contributed by atoms with Gasteiger partial charge in [0.1, 0.15) is 10.3 Å². The van der Waals surface area contributed by atoms with Gasteiger partial charge in [-0.15, -0.1) is 23.5 Å². The van der Waals surface area contributed by atoms with Crippen LogP contribution in [-0.2, 0) is 9.84 Å². The maximum absolute atomic E-state index is 12.0. The summed E-state index contributed by atoms with van der Waals surface area (Å²) in [6, 6.07) is 6.83. The molecule has 1 aromatic rings. The number of benzene rings is 1. The van der Waals surface area contributed by atoms with Crippen LogP contribution in [0.25, 0.3) is 0 Å². The van der Waals surface area contributed by atoms with Gasteiger partial charge in [-0.25, -0.2) is 8.42 Å². The molecular formula is C11H15NO2S3. The number of hydrogen-bond acceptors (Lipinski definition) is 5. The van der Waals surface area contributed by atoms with Crippen molar-refractivity contribution in [2.45, 2.75) is 11.8 Å². The Balaban J connectivity index is 2.89. The van der Waals surface area contributed by atoms with Crippen molar-refractivity contribution < 1.29 is 8.42 Å². The fraction of sp³-hybridized carbons (Fsp3) is 0.364. The van der Waals surface area contributed by atoms with Crippen molar-refractivity contribution in [3.05, 3.63) is 29.8 Å². The van der Waals surface area contributed by atoms with Gasteiger partial charge < -0.3 is 0 Å². The second kappa shape index (κ2) is 6.47. The van der Waals surface area contributed by atoms with Crippen molar-refractivity contribution in [3.8, 4) is 0 Å². The van der Waals surface area contributed by atoms with Crippen molar-refractivity contribution >= 4 is 37.7 Å². The van der Waals surface area contributed by atoms with Gasteiger partial charge in [0.15, 0.2) is 9.84 Å². The smallest absolute Gasteiger partial charge is 0.198 e. The summed E-state index contributed by atoms with van der Waals surface area (Å²) < 4.78 is 24.7. The van der Waals surface area contributed by atoms with Gasteiger partial charge in [-0.05, 0) is 31.6 Å². The van der Waals surface area contributed by atoms with E-state index in [1.54, 1.807) is 24.3 Å². The second-order valence-electron chi connectivity index (χ2n) is 3.39. The molecule has 1 rings (SSSR count). The monoisotopic (exact) mass is 289 g/mol. The molecule has 3 nitrogen and oxygen atoms in total. The topological polar surface area (TPSA) is 46.5 Å². The SMILES string of the molecule is CSC(=NCS(=O)(=O)c1ccc(C)cc1)SC. The first-order valence-electron chi connectivity index (χ1n) is 4.91. The Bertz CT molecular complexity index is 486. The molecule has 0 aromatic heterocycles. The first-order chi connectivity index (χ1) is 7.99. The van der Waals surface area contributed by atoms with Crippen LogP contribution in [0.4, 0.5) is 0 Å². The average molecular weight is 289 g/mol. The van der Waals surface area contributed by atoms with Gasteiger partial charge in [-0.2, -0.15) is 0 Å². The summed E-state index contributed by atoms with van der Waals surface area (Å²) in [4.78, 5) is 4.41. The Hall–Kier alpha value is -0.460. The molecule has 17 heavy (non-hydrogen) atoms. The third-order valence-corrected chi connectivity index (χ3v) is 5.51. The number of thioether (sulfide) groups is 2. The highest BCUT2D eigenvalue weighted by atomic mass is 32.2. The van der Waals surface area contributed by atoms with Gasteiger partial charge >= 0.3 is 0 Å². The molecule has 0 atom stereocenters. The summed E-state index contributed by atoms with van der Waals surface area (Å²) in [7, 11) is -3.31. The highest BCUT2D eigenvalue weighted by molar-refractivity contribution is 8.38. The van der Waals surface area contributed by atoms with Gasteiger partial charge in [0.25, 0.3) is 0 Å². The lowest BCUT2D eigenvalue weighted by atomic mass is 10.2. The van der Waals surface area contributed by atoms with Crippen LogP contribution < -0.4 is 0 Å². The molecule has 0 radical (unpaired) electrons. The molecule has 0 spiro atoms. The number of nitrogens with zero attached hydrogens (tertiary/aromatic N) is 1. The van der Waals surface area contributed by atoms with Crippen LogP contribution in [0.5, 0.6) is 0 Å². The van der Waals surface area contributed by atoms with Crippen molar-refractivity contribution in [1.82, 2.24) is 0 Å². The minimum absolute atomic E-state index is 0.187. The molecule has 1 aromatic carbocycles. The lowest BCUT2D eigenvalue weighted by Gasteiger charge is -2.03. The standard InChI is InChI=1S/C11H15NO2S3/c1-9-4-6-10(7-5-9)17(13,14)8-12-11(15-2)16-3/h4-7H,8H2,1-3H3. The van der Waals surface area contributed by atoms with E-state index in [1.807, 2.05) is 19.4 Å². The van der Waals surface area contributed by atoms with Crippen LogP contribution >= 0.6 is 23.5 Å². The number of sulfone groups is 1. The predicted molar refractivity (Wildman–Crippen MR) is 77.7 cm³/mol. The average Bonchev–Trinajstić information content (AvgIpc) is 2.31. The number of rotatable bonds is 3. The first kappa shape index (κ1) is 14.6. The van der Waals surface area contributed by atoms with E-state index < -0.39 is 9.84 Å². The summed E-state index contributed by atoms with van der Waals surface area (Å²) in [5.74, 6) is -0.187. The third-order valence-electron chi connectivity index (χ3n) is 2.09. The second-order valence-corrected chi connectivity index (χ2v) is 7.20. The van der Waals surface area contributed by atoms with Crippen LogP contribution in [0, 0.1) is 6.92 Å². The van der Waals surface area contributed by atoms with E-state index in [0.29, 0.717) is 4.90 Å². The molecule has 0 saturated heterocycles. The van der Waals surface area contributed by atoms with E-state index in [1.165, 1.54) is 23.5 Å². The molecule has 0 bridgehead atoms. The van der Waals surface area contributed by atoms with Crippen molar-refractivity contribution in [2.75, 3.05) is 18.4 Å². The zero-order valence-corrected chi connectivity index (χ0v) is 12.5. The zero-order valence-electron chi connectivity index (χ0n) is 10.0. The molecule has 94 valence electrons. The molecule has 0 unspecified atom stereocenters. The summed E-state index contributed by atoms with van der Waals surface area (Å²) in [5, 5.41) is 0. The number of aliphatic imine (C=N–C) groups is 1. The predicted octanol–water partition coefficient (Wildman–Crippen LogP) is 2.81. The molecule has 0 aliphatic carbocycles. The number of aryl methyl sites for hydroxylation is 1. The van der Waals surface area contributed by atoms with Crippen molar-refractivity contribution in [2.24, 2.45) is 4.99 Å². The molecule has 0 N–H and O–H groups in total. The Labute approximate surface area is 111 Å². The molecule has 0 aliphatic rings. The van der Waals surface area contributed by atoms with Gasteiger partial charge in [-0.3, -0.25) is 4.99 Å². The van der Waals surface area contributed by atoms with Gasteiger partial charge in [0.2, 0.25) is 0 Å². The molecule has 0 heterocycles. The van der Waals surface area contributed by atoms with Crippen LogP contribution in [0.2, 0.25) is 0 Å². The van der Waals surface area contributed by atoms with E-state index in [-0.39, 0.29) is 5.88 Å². The highest BCUT2D eigenvalue weighted by Gasteiger charge is 2.13. The minimum Gasteiger partial charge on any atom is -0.255 e. The first-order valence-corrected chi connectivity index (χ1v) is 9.01. The van der Waals surface area contributed by atoms with E-state index in [9.17, 15) is 8.42 Å². The maximum atomic E-state index is 12.0. The van der Waals surface area contributed by atoms with Crippen LogP contribution in [-0.4, -0.2) is 31.2 Å². The minimum atomic E-state index is -3.31. The van der Waals surface area contributed by atoms with E-state index in [0.717, 1.165) is 9.94 Å². The molecule has 0 saturated carbocycles. The largest absolute Gasteiger partial charge is 0.255 e. The number of hydrogen-bond donors (Lipinski definition) is 0. The van der Waals surface area contributed by atoms with Crippen LogP contribution in [0.15, 0.2) is 34.2 Å². The molecule has 0 aliphatic heterocycles.